The minimum atomic E-state index is -0.261. The van der Waals surface area contributed by atoms with Crippen molar-refractivity contribution in [3.05, 3.63) is 88.7 Å². The third-order valence-electron chi connectivity index (χ3n) is 7.53. The van der Waals surface area contributed by atoms with Crippen molar-refractivity contribution >= 4 is 17.6 Å². The highest BCUT2D eigenvalue weighted by Gasteiger charge is 2.39. The number of allylic oxidation sites excluding steroid dienone is 1. The highest BCUT2D eigenvalue weighted by Crippen LogP contribution is 2.47. The van der Waals surface area contributed by atoms with Gasteiger partial charge >= 0.3 is 5.97 Å². The number of methoxy groups -OCH3 is 2. The van der Waals surface area contributed by atoms with Crippen LogP contribution in [-0.4, -0.2) is 20.2 Å². The predicted molar refractivity (Wildman–Crippen MR) is 138 cm³/mol. The molecule has 2 aliphatic carbocycles. The van der Waals surface area contributed by atoms with Crippen molar-refractivity contribution in [1.82, 2.24) is 0 Å². The van der Waals surface area contributed by atoms with Crippen molar-refractivity contribution in [2.24, 2.45) is 11.8 Å². The van der Waals surface area contributed by atoms with Crippen molar-refractivity contribution in [3.8, 4) is 16.9 Å². The molecule has 2 aliphatic rings. The quantitative estimate of drug-likeness (QED) is 0.340. The lowest BCUT2D eigenvalue weighted by Gasteiger charge is -2.25. The monoisotopic (exact) mass is 470 g/mol. The Hall–Kier alpha value is -3.40. The van der Waals surface area contributed by atoms with Gasteiger partial charge in [-0.15, -0.1) is 0 Å². The second-order valence-corrected chi connectivity index (χ2v) is 9.73. The summed E-state index contributed by atoms with van der Waals surface area (Å²) < 4.78 is 24.7. The van der Waals surface area contributed by atoms with E-state index in [1.807, 2.05) is 19.1 Å². The van der Waals surface area contributed by atoms with E-state index in [9.17, 15) is 9.18 Å². The third kappa shape index (κ3) is 4.75. The molecule has 4 heteroatoms. The zero-order valence-electron chi connectivity index (χ0n) is 20.5. The van der Waals surface area contributed by atoms with Crippen LogP contribution in [0.3, 0.4) is 0 Å². The van der Waals surface area contributed by atoms with Crippen LogP contribution in [0.15, 0.2) is 60.7 Å². The van der Waals surface area contributed by atoms with Crippen LogP contribution < -0.4 is 4.74 Å². The van der Waals surface area contributed by atoms with Crippen LogP contribution in [0.2, 0.25) is 0 Å². The molecule has 1 saturated carbocycles. The standard InChI is InChI=1S/C31H31FO3/c1-19(31(33)35-3)30(23-10-11-23)25-13-7-21-6-12-24(16-26(21)17-25)20-4-8-22(9-5-20)28-18-27(34-2)14-15-29(28)32/h4-5,7-9,13-19,23,30H,6,10-12H2,1-3H3. The van der Waals surface area contributed by atoms with E-state index < -0.39 is 0 Å². The third-order valence-corrected chi connectivity index (χ3v) is 7.53. The number of benzene rings is 3. The number of carbonyl (C=O) groups is 1. The van der Waals surface area contributed by atoms with E-state index >= 15 is 0 Å². The fourth-order valence-electron chi connectivity index (χ4n) is 5.41. The fourth-order valence-corrected chi connectivity index (χ4v) is 5.41. The predicted octanol–water partition coefficient (Wildman–Crippen LogP) is 7.29. The lowest BCUT2D eigenvalue weighted by Crippen LogP contribution is -2.22. The van der Waals surface area contributed by atoms with Gasteiger partial charge in [0.25, 0.3) is 0 Å². The number of hydrogen-bond acceptors (Lipinski definition) is 3. The molecule has 5 rings (SSSR count). The average Bonchev–Trinajstić information content (AvgIpc) is 3.73. The summed E-state index contributed by atoms with van der Waals surface area (Å²) >= 11 is 0. The first-order valence-electron chi connectivity index (χ1n) is 12.3. The maximum Gasteiger partial charge on any atom is 0.309 e. The first-order chi connectivity index (χ1) is 17.0. The van der Waals surface area contributed by atoms with E-state index in [-0.39, 0.29) is 23.6 Å². The van der Waals surface area contributed by atoms with E-state index in [1.165, 1.54) is 48.3 Å². The number of fused-ring (bicyclic) bond motifs is 1. The second-order valence-electron chi connectivity index (χ2n) is 9.73. The van der Waals surface area contributed by atoms with Crippen molar-refractivity contribution < 1.29 is 18.7 Å². The van der Waals surface area contributed by atoms with E-state index in [0.717, 1.165) is 24.0 Å². The van der Waals surface area contributed by atoms with Gasteiger partial charge in [-0.05, 0) is 89.1 Å². The molecule has 0 spiro atoms. The topological polar surface area (TPSA) is 35.5 Å². The zero-order valence-corrected chi connectivity index (χ0v) is 20.5. The smallest absolute Gasteiger partial charge is 0.309 e. The normalized spacial score (nSPS) is 16.6. The average molecular weight is 471 g/mol. The molecule has 2 unspecified atom stereocenters. The number of hydrogen-bond donors (Lipinski definition) is 0. The summed E-state index contributed by atoms with van der Waals surface area (Å²) in [6, 6.07) is 19.6. The Bertz CT molecular complexity index is 1270. The molecule has 3 aromatic carbocycles. The molecule has 0 saturated heterocycles. The van der Waals surface area contributed by atoms with Crippen LogP contribution in [0.5, 0.6) is 5.75 Å². The molecule has 35 heavy (non-hydrogen) atoms. The maximum absolute atomic E-state index is 14.4. The summed E-state index contributed by atoms with van der Waals surface area (Å²) in [5.74, 6) is 0.843. The van der Waals surface area contributed by atoms with Gasteiger partial charge in [0.15, 0.2) is 0 Å². The molecular weight excluding hydrogens is 439 g/mol. The molecule has 0 aliphatic heterocycles. The molecule has 0 heterocycles. The molecular formula is C31H31FO3. The maximum atomic E-state index is 14.4. The summed E-state index contributed by atoms with van der Waals surface area (Å²) in [5.41, 5.74) is 7.58. The van der Waals surface area contributed by atoms with Crippen LogP contribution in [0.1, 0.15) is 54.4 Å². The van der Waals surface area contributed by atoms with Crippen molar-refractivity contribution in [1.29, 1.82) is 0 Å². The second kappa shape index (κ2) is 9.69. The van der Waals surface area contributed by atoms with Crippen molar-refractivity contribution in [2.45, 2.75) is 38.5 Å². The van der Waals surface area contributed by atoms with E-state index in [0.29, 0.717) is 17.2 Å². The SMILES string of the molecule is COC(=O)C(C)C(c1ccc2c(c1)C=C(c1ccc(-c3cc(OC)ccc3F)cc1)CC2)C1CC1. The lowest BCUT2D eigenvalue weighted by molar-refractivity contribution is -0.145. The van der Waals surface area contributed by atoms with Gasteiger partial charge < -0.3 is 9.47 Å². The van der Waals surface area contributed by atoms with Gasteiger partial charge in [-0.25, -0.2) is 4.39 Å². The number of aryl methyl sites for hydroxylation is 1. The van der Waals surface area contributed by atoms with Gasteiger partial charge in [0.2, 0.25) is 0 Å². The Morgan fingerprint density at radius 2 is 1.69 bits per heavy atom. The lowest BCUT2D eigenvalue weighted by atomic mass is 9.80. The Kier molecular flexibility index (Phi) is 6.46. The van der Waals surface area contributed by atoms with Gasteiger partial charge in [-0.1, -0.05) is 55.5 Å². The highest BCUT2D eigenvalue weighted by atomic mass is 19.1. The molecule has 1 fully saturated rings. The Morgan fingerprint density at radius 1 is 0.943 bits per heavy atom. The first kappa shape index (κ1) is 23.3. The van der Waals surface area contributed by atoms with Crippen LogP contribution >= 0.6 is 0 Å². The molecule has 0 N–H and O–H groups in total. The van der Waals surface area contributed by atoms with E-state index in [4.69, 9.17) is 9.47 Å². The molecule has 180 valence electrons. The molecule has 3 aromatic rings. The number of rotatable bonds is 7. The summed E-state index contributed by atoms with van der Waals surface area (Å²) in [6.45, 7) is 1.99. The number of halogens is 1. The van der Waals surface area contributed by atoms with Crippen LogP contribution in [0, 0.1) is 17.7 Å². The molecule has 0 aromatic heterocycles. The summed E-state index contributed by atoms with van der Waals surface area (Å²) in [4.78, 5) is 12.3. The Morgan fingerprint density at radius 3 is 2.37 bits per heavy atom. The van der Waals surface area contributed by atoms with Crippen molar-refractivity contribution in [3.63, 3.8) is 0 Å². The zero-order chi connectivity index (χ0) is 24.5. The number of carbonyl (C=O) groups excluding carboxylic acids is 1. The minimum absolute atomic E-state index is 0.136. The summed E-state index contributed by atoms with van der Waals surface area (Å²) in [7, 11) is 3.06. The van der Waals surface area contributed by atoms with Crippen molar-refractivity contribution in [2.75, 3.05) is 14.2 Å². The number of esters is 1. The molecule has 2 atom stereocenters. The summed E-state index contributed by atoms with van der Waals surface area (Å²) in [6.07, 6.45) is 6.56. The molecule has 0 radical (unpaired) electrons. The van der Waals surface area contributed by atoms with E-state index in [1.54, 1.807) is 19.2 Å². The van der Waals surface area contributed by atoms with Gasteiger partial charge in [0, 0.05) is 5.56 Å². The minimum Gasteiger partial charge on any atom is -0.497 e. The summed E-state index contributed by atoms with van der Waals surface area (Å²) in [5, 5.41) is 0. The van der Waals surface area contributed by atoms with Gasteiger partial charge in [-0.3, -0.25) is 4.79 Å². The van der Waals surface area contributed by atoms with Gasteiger partial charge in [0.1, 0.15) is 11.6 Å². The Balaban J connectivity index is 1.43. The molecule has 0 bridgehead atoms. The largest absolute Gasteiger partial charge is 0.497 e. The van der Waals surface area contributed by atoms with Crippen LogP contribution in [0.4, 0.5) is 4.39 Å². The first-order valence-corrected chi connectivity index (χ1v) is 12.3. The fraction of sp³-hybridized carbons (Fsp3) is 0.323. The Labute approximate surface area is 206 Å². The molecule has 0 amide bonds. The van der Waals surface area contributed by atoms with E-state index in [2.05, 4.69) is 36.4 Å². The molecule has 3 nitrogen and oxygen atoms in total. The highest BCUT2D eigenvalue weighted by molar-refractivity contribution is 5.85. The van der Waals surface area contributed by atoms with Crippen LogP contribution in [-0.2, 0) is 16.0 Å². The van der Waals surface area contributed by atoms with Crippen LogP contribution in [0.25, 0.3) is 22.8 Å². The number of ether oxygens (including phenoxy) is 2. The van der Waals surface area contributed by atoms with Gasteiger partial charge in [0.05, 0.1) is 20.1 Å². The van der Waals surface area contributed by atoms with Gasteiger partial charge in [-0.2, -0.15) is 0 Å².